The van der Waals surface area contributed by atoms with Crippen LogP contribution in [0.3, 0.4) is 0 Å². The maximum Gasteiger partial charge on any atom is 0.257 e. The molecule has 94 valence electrons. The van der Waals surface area contributed by atoms with Crippen LogP contribution < -0.4 is 14.8 Å². The predicted octanol–water partition coefficient (Wildman–Crippen LogP) is 1.90. The Morgan fingerprint density at radius 1 is 1.44 bits per heavy atom. The summed E-state index contributed by atoms with van der Waals surface area (Å²) in [6.45, 7) is 0.866. The maximum atomic E-state index is 12.0. The van der Waals surface area contributed by atoms with Crippen molar-refractivity contribution < 1.29 is 14.3 Å². The predicted molar refractivity (Wildman–Crippen MR) is 69.8 cm³/mol. The molecule has 0 aromatic heterocycles. The Kier molecular flexibility index (Phi) is 3.05. The number of nitrogens with one attached hydrogen (secondary N) is 1. The maximum absolute atomic E-state index is 12.0. The summed E-state index contributed by atoms with van der Waals surface area (Å²) in [5.74, 6) is 1.63. The van der Waals surface area contributed by atoms with Crippen molar-refractivity contribution in [3.63, 3.8) is 0 Å². The molecule has 3 rings (SSSR count). The average Bonchev–Trinajstić information content (AvgIpc) is 2.98. The van der Waals surface area contributed by atoms with Crippen LogP contribution in [-0.2, 0) is 0 Å². The number of aliphatic imine (C=N–C) groups is 1. The SMILES string of the molecule is O=C(NC1=NCCS1)c1cc(Cl)c2c(c1)OCO2. The van der Waals surface area contributed by atoms with E-state index in [1.807, 2.05) is 0 Å². The van der Waals surface area contributed by atoms with Gasteiger partial charge in [-0.3, -0.25) is 9.79 Å². The van der Waals surface area contributed by atoms with Gasteiger partial charge in [-0.1, -0.05) is 23.4 Å². The molecule has 0 unspecified atom stereocenters. The molecule has 0 bridgehead atoms. The Labute approximate surface area is 113 Å². The molecule has 2 aliphatic heterocycles. The summed E-state index contributed by atoms with van der Waals surface area (Å²) < 4.78 is 10.4. The van der Waals surface area contributed by atoms with Crippen molar-refractivity contribution in [2.75, 3.05) is 19.1 Å². The molecule has 0 saturated carbocycles. The second kappa shape index (κ2) is 4.70. The van der Waals surface area contributed by atoms with Gasteiger partial charge in [0.15, 0.2) is 16.7 Å². The lowest BCUT2D eigenvalue weighted by molar-refractivity contribution is 0.0977. The number of rotatable bonds is 1. The van der Waals surface area contributed by atoms with Gasteiger partial charge in [-0.05, 0) is 12.1 Å². The van der Waals surface area contributed by atoms with E-state index < -0.39 is 0 Å². The van der Waals surface area contributed by atoms with Gasteiger partial charge in [0.1, 0.15) is 0 Å². The molecule has 1 aromatic carbocycles. The first-order valence-corrected chi connectivity index (χ1v) is 6.68. The highest BCUT2D eigenvalue weighted by Gasteiger charge is 2.21. The number of carbonyl (C=O) groups excluding carboxylic acids is 1. The second-order valence-electron chi connectivity index (χ2n) is 3.68. The average molecular weight is 285 g/mol. The van der Waals surface area contributed by atoms with Crippen molar-refractivity contribution in [1.82, 2.24) is 5.32 Å². The molecule has 0 spiro atoms. The van der Waals surface area contributed by atoms with Crippen LogP contribution in [-0.4, -0.2) is 30.2 Å². The molecular formula is C11H9ClN2O3S. The lowest BCUT2D eigenvalue weighted by Gasteiger charge is -2.06. The molecular weight excluding hydrogens is 276 g/mol. The molecule has 0 aliphatic carbocycles. The number of hydrogen-bond acceptors (Lipinski definition) is 5. The number of nitrogens with zero attached hydrogens (tertiary/aromatic N) is 1. The van der Waals surface area contributed by atoms with Gasteiger partial charge < -0.3 is 14.8 Å². The third-order valence-corrected chi connectivity index (χ3v) is 3.67. The van der Waals surface area contributed by atoms with Crippen LogP contribution >= 0.6 is 23.4 Å². The van der Waals surface area contributed by atoms with Crippen LogP contribution in [0.5, 0.6) is 11.5 Å². The van der Waals surface area contributed by atoms with E-state index in [-0.39, 0.29) is 12.7 Å². The Morgan fingerprint density at radius 2 is 2.33 bits per heavy atom. The zero-order valence-corrected chi connectivity index (χ0v) is 10.8. The molecule has 1 N–H and O–H groups in total. The Morgan fingerprint density at radius 3 is 3.11 bits per heavy atom. The Bertz CT molecular complexity index is 547. The summed E-state index contributed by atoms with van der Waals surface area (Å²) in [6, 6.07) is 3.17. The van der Waals surface area contributed by atoms with Crippen molar-refractivity contribution in [2.24, 2.45) is 4.99 Å². The zero-order chi connectivity index (χ0) is 12.5. The number of ether oxygens (including phenoxy) is 2. The van der Waals surface area contributed by atoms with E-state index >= 15 is 0 Å². The second-order valence-corrected chi connectivity index (χ2v) is 5.17. The Hall–Kier alpha value is -1.40. The number of hydrogen-bond donors (Lipinski definition) is 1. The minimum Gasteiger partial charge on any atom is -0.454 e. The lowest BCUT2D eigenvalue weighted by atomic mass is 10.2. The van der Waals surface area contributed by atoms with Crippen LogP contribution in [0.4, 0.5) is 0 Å². The van der Waals surface area contributed by atoms with Crippen LogP contribution in [0.25, 0.3) is 0 Å². The fourth-order valence-corrected chi connectivity index (χ4v) is 2.67. The van der Waals surface area contributed by atoms with Gasteiger partial charge >= 0.3 is 0 Å². The molecule has 2 aliphatic rings. The number of thioether (sulfide) groups is 1. The summed E-state index contributed by atoms with van der Waals surface area (Å²) in [6.07, 6.45) is 0. The van der Waals surface area contributed by atoms with E-state index in [1.54, 1.807) is 12.1 Å². The summed E-state index contributed by atoms with van der Waals surface area (Å²) in [7, 11) is 0. The first kappa shape index (κ1) is 11.7. The fraction of sp³-hybridized carbons (Fsp3) is 0.273. The third kappa shape index (κ3) is 2.13. The number of amidine groups is 1. The van der Waals surface area contributed by atoms with Gasteiger partial charge in [0.2, 0.25) is 6.79 Å². The van der Waals surface area contributed by atoms with E-state index in [0.29, 0.717) is 27.3 Å². The number of halogens is 1. The van der Waals surface area contributed by atoms with Gasteiger partial charge in [-0.25, -0.2) is 0 Å². The summed E-state index contributed by atoms with van der Waals surface area (Å²) in [4.78, 5) is 16.1. The first-order chi connectivity index (χ1) is 8.74. The summed E-state index contributed by atoms with van der Waals surface area (Å²) >= 11 is 7.54. The minimum atomic E-state index is -0.247. The highest BCUT2D eigenvalue weighted by molar-refractivity contribution is 8.14. The first-order valence-electron chi connectivity index (χ1n) is 5.32. The number of benzene rings is 1. The van der Waals surface area contributed by atoms with Crippen molar-refractivity contribution >= 4 is 34.4 Å². The smallest absolute Gasteiger partial charge is 0.257 e. The Balaban J connectivity index is 1.83. The van der Waals surface area contributed by atoms with Gasteiger partial charge in [0, 0.05) is 11.3 Å². The molecule has 1 amide bonds. The van der Waals surface area contributed by atoms with Crippen molar-refractivity contribution in [1.29, 1.82) is 0 Å². The molecule has 0 fully saturated rings. The van der Waals surface area contributed by atoms with Crippen LogP contribution in [0, 0.1) is 0 Å². The molecule has 0 saturated heterocycles. The topological polar surface area (TPSA) is 59.9 Å². The standard InChI is InChI=1S/C11H9ClN2O3S/c12-7-3-6(4-8-9(7)17-5-16-8)10(15)14-11-13-1-2-18-11/h3-4H,1-2,5H2,(H,13,14,15). The molecule has 18 heavy (non-hydrogen) atoms. The molecule has 1 aromatic rings. The molecule has 0 atom stereocenters. The fourth-order valence-electron chi connectivity index (χ4n) is 1.68. The molecule has 0 radical (unpaired) electrons. The third-order valence-electron chi connectivity index (χ3n) is 2.50. The van der Waals surface area contributed by atoms with Gasteiger partial charge in [0.25, 0.3) is 5.91 Å². The van der Waals surface area contributed by atoms with Gasteiger partial charge in [-0.2, -0.15) is 0 Å². The van der Waals surface area contributed by atoms with Crippen molar-refractivity contribution in [3.8, 4) is 11.5 Å². The summed E-state index contributed by atoms with van der Waals surface area (Å²) in [5.41, 5.74) is 0.430. The molecule has 7 heteroatoms. The van der Waals surface area contributed by atoms with Gasteiger partial charge in [-0.15, -0.1) is 0 Å². The van der Waals surface area contributed by atoms with Crippen LogP contribution in [0.1, 0.15) is 10.4 Å². The quantitative estimate of drug-likeness (QED) is 0.856. The number of amides is 1. The number of carbonyl (C=O) groups is 1. The van der Waals surface area contributed by atoms with E-state index in [9.17, 15) is 4.79 Å². The van der Waals surface area contributed by atoms with Crippen molar-refractivity contribution in [3.05, 3.63) is 22.7 Å². The minimum absolute atomic E-state index is 0.128. The monoisotopic (exact) mass is 284 g/mol. The lowest BCUT2D eigenvalue weighted by Crippen LogP contribution is -2.27. The van der Waals surface area contributed by atoms with Crippen LogP contribution in [0.15, 0.2) is 17.1 Å². The zero-order valence-electron chi connectivity index (χ0n) is 9.23. The highest BCUT2D eigenvalue weighted by Crippen LogP contribution is 2.39. The van der Waals surface area contributed by atoms with Crippen molar-refractivity contribution in [2.45, 2.75) is 0 Å². The van der Waals surface area contributed by atoms with E-state index in [4.69, 9.17) is 21.1 Å². The number of fused-ring (bicyclic) bond motifs is 1. The largest absolute Gasteiger partial charge is 0.454 e. The normalized spacial score (nSPS) is 16.6. The van der Waals surface area contributed by atoms with E-state index in [1.165, 1.54) is 11.8 Å². The van der Waals surface area contributed by atoms with E-state index in [0.717, 1.165) is 12.3 Å². The molecule has 5 nitrogen and oxygen atoms in total. The molecule has 2 heterocycles. The highest BCUT2D eigenvalue weighted by atomic mass is 35.5. The van der Waals surface area contributed by atoms with Crippen LogP contribution in [0.2, 0.25) is 5.02 Å². The summed E-state index contributed by atoms with van der Waals surface area (Å²) in [5, 5.41) is 3.75. The van der Waals surface area contributed by atoms with Gasteiger partial charge in [0.05, 0.1) is 11.6 Å². The van der Waals surface area contributed by atoms with E-state index in [2.05, 4.69) is 10.3 Å².